The lowest BCUT2D eigenvalue weighted by molar-refractivity contribution is 0.203. The molecular weight excluding hydrogens is 368 g/mol. The van der Waals surface area contributed by atoms with E-state index in [9.17, 15) is 4.79 Å². The lowest BCUT2D eigenvalue weighted by Gasteiger charge is -2.19. The van der Waals surface area contributed by atoms with Crippen molar-refractivity contribution in [3.63, 3.8) is 0 Å². The van der Waals surface area contributed by atoms with Crippen LogP contribution in [-0.4, -0.2) is 34.7 Å². The molecule has 8 heteroatoms. The number of methoxy groups -OCH3 is 1. The monoisotopic (exact) mass is 386 g/mol. The van der Waals surface area contributed by atoms with Gasteiger partial charge in [-0.25, -0.2) is 4.79 Å². The molecule has 1 heterocycles. The third-order valence-corrected chi connectivity index (χ3v) is 4.14. The SMILES string of the molecule is CCN(Cc1nc(-c2ccc(Cl)cc2)no1)C(=O)Nc1cccc(OC)c1. The molecule has 0 saturated carbocycles. The predicted octanol–water partition coefficient (Wildman–Crippen LogP) is 4.45. The molecule has 0 aliphatic rings. The van der Waals surface area contributed by atoms with E-state index >= 15 is 0 Å². The number of hydrogen-bond acceptors (Lipinski definition) is 5. The fraction of sp³-hybridized carbons (Fsp3) is 0.211. The van der Waals surface area contributed by atoms with E-state index in [4.69, 9.17) is 20.9 Å². The van der Waals surface area contributed by atoms with E-state index in [1.165, 1.54) is 0 Å². The summed E-state index contributed by atoms with van der Waals surface area (Å²) in [5, 5.41) is 7.43. The number of urea groups is 1. The average Bonchev–Trinajstić information content (AvgIpc) is 3.15. The van der Waals surface area contributed by atoms with Crippen LogP contribution < -0.4 is 10.1 Å². The normalized spacial score (nSPS) is 10.5. The number of anilines is 1. The van der Waals surface area contributed by atoms with Gasteiger partial charge in [-0.15, -0.1) is 0 Å². The number of halogens is 1. The van der Waals surface area contributed by atoms with Crippen molar-refractivity contribution in [2.75, 3.05) is 19.0 Å². The number of carbonyl (C=O) groups is 1. The molecule has 1 aromatic heterocycles. The highest BCUT2D eigenvalue weighted by Crippen LogP contribution is 2.20. The van der Waals surface area contributed by atoms with Gasteiger partial charge in [0.25, 0.3) is 0 Å². The van der Waals surface area contributed by atoms with Crippen LogP contribution in [0.1, 0.15) is 12.8 Å². The molecule has 0 radical (unpaired) electrons. The molecule has 0 spiro atoms. The third kappa shape index (κ3) is 4.77. The lowest BCUT2D eigenvalue weighted by atomic mass is 10.2. The summed E-state index contributed by atoms with van der Waals surface area (Å²) in [5.41, 5.74) is 1.43. The van der Waals surface area contributed by atoms with Gasteiger partial charge in [-0.05, 0) is 43.3 Å². The maximum atomic E-state index is 12.5. The van der Waals surface area contributed by atoms with E-state index in [2.05, 4.69) is 15.5 Å². The van der Waals surface area contributed by atoms with Crippen LogP contribution in [0, 0.1) is 0 Å². The highest BCUT2D eigenvalue weighted by atomic mass is 35.5. The van der Waals surface area contributed by atoms with Crippen molar-refractivity contribution in [3.05, 3.63) is 59.4 Å². The van der Waals surface area contributed by atoms with Crippen LogP contribution in [0.15, 0.2) is 53.1 Å². The van der Waals surface area contributed by atoms with Crippen LogP contribution >= 0.6 is 11.6 Å². The van der Waals surface area contributed by atoms with Crippen molar-refractivity contribution in [3.8, 4) is 17.1 Å². The van der Waals surface area contributed by atoms with E-state index in [1.807, 2.05) is 25.1 Å². The first-order valence-corrected chi connectivity index (χ1v) is 8.75. The Hall–Kier alpha value is -3.06. The van der Waals surface area contributed by atoms with Gasteiger partial charge in [0.1, 0.15) is 12.3 Å². The van der Waals surface area contributed by atoms with Crippen molar-refractivity contribution in [2.45, 2.75) is 13.5 Å². The zero-order valence-electron chi connectivity index (χ0n) is 15.0. The average molecular weight is 387 g/mol. The lowest BCUT2D eigenvalue weighted by Crippen LogP contribution is -2.34. The standard InChI is InChI=1S/C19H19ClN4O3/c1-3-24(19(25)21-15-5-4-6-16(11-15)26-2)12-17-22-18(23-27-17)13-7-9-14(20)10-8-13/h4-11H,3,12H2,1-2H3,(H,21,25). The summed E-state index contributed by atoms with van der Waals surface area (Å²) in [6.07, 6.45) is 0. The fourth-order valence-corrected chi connectivity index (χ4v) is 2.56. The van der Waals surface area contributed by atoms with Gasteiger partial charge in [0, 0.05) is 28.9 Å². The maximum Gasteiger partial charge on any atom is 0.322 e. The number of ether oxygens (including phenoxy) is 1. The van der Waals surface area contributed by atoms with Crippen molar-refractivity contribution in [1.82, 2.24) is 15.0 Å². The second kappa shape index (κ2) is 8.55. The first-order chi connectivity index (χ1) is 13.1. The summed E-state index contributed by atoms with van der Waals surface area (Å²) in [5.74, 6) is 1.47. The Morgan fingerprint density at radius 1 is 1.26 bits per heavy atom. The zero-order valence-corrected chi connectivity index (χ0v) is 15.7. The molecule has 0 unspecified atom stereocenters. The van der Waals surface area contributed by atoms with Crippen LogP contribution in [-0.2, 0) is 6.54 Å². The molecule has 27 heavy (non-hydrogen) atoms. The molecule has 2 aromatic carbocycles. The number of aromatic nitrogens is 2. The first kappa shape index (κ1) is 18.7. The predicted molar refractivity (Wildman–Crippen MR) is 103 cm³/mol. The molecule has 1 N–H and O–H groups in total. The minimum atomic E-state index is -0.267. The number of nitrogens with one attached hydrogen (secondary N) is 1. The second-order valence-corrected chi connectivity index (χ2v) is 6.13. The van der Waals surface area contributed by atoms with Crippen molar-refractivity contribution in [2.24, 2.45) is 0 Å². The highest BCUT2D eigenvalue weighted by Gasteiger charge is 2.17. The Kier molecular flexibility index (Phi) is 5.93. The molecule has 3 aromatic rings. The van der Waals surface area contributed by atoms with Gasteiger partial charge in [-0.1, -0.05) is 22.8 Å². The van der Waals surface area contributed by atoms with Crippen LogP contribution in [0.4, 0.5) is 10.5 Å². The largest absolute Gasteiger partial charge is 0.497 e. The van der Waals surface area contributed by atoms with E-state index in [0.29, 0.717) is 34.7 Å². The van der Waals surface area contributed by atoms with Gasteiger partial charge in [-0.2, -0.15) is 4.98 Å². The Labute approximate surface area is 161 Å². The van der Waals surface area contributed by atoms with Crippen molar-refractivity contribution >= 4 is 23.3 Å². The van der Waals surface area contributed by atoms with Crippen LogP contribution in [0.2, 0.25) is 5.02 Å². The summed E-state index contributed by atoms with van der Waals surface area (Å²) in [4.78, 5) is 18.5. The summed E-state index contributed by atoms with van der Waals surface area (Å²) in [6.45, 7) is 2.56. The van der Waals surface area contributed by atoms with Gasteiger partial charge in [-0.3, -0.25) is 0 Å². The molecule has 2 amide bonds. The molecule has 0 fully saturated rings. The van der Waals surface area contributed by atoms with Gasteiger partial charge in [0.15, 0.2) is 0 Å². The molecule has 7 nitrogen and oxygen atoms in total. The summed E-state index contributed by atoms with van der Waals surface area (Å²) in [6, 6.07) is 14.0. The zero-order chi connectivity index (χ0) is 19.2. The smallest absolute Gasteiger partial charge is 0.322 e. The van der Waals surface area contributed by atoms with Gasteiger partial charge >= 0.3 is 6.03 Å². The molecule has 0 aliphatic heterocycles. The molecule has 0 aliphatic carbocycles. The number of amides is 2. The maximum absolute atomic E-state index is 12.5. The first-order valence-electron chi connectivity index (χ1n) is 8.37. The Morgan fingerprint density at radius 2 is 2.04 bits per heavy atom. The summed E-state index contributed by atoms with van der Waals surface area (Å²) in [7, 11) is 1.58. The van der Waals surface area contributed by atoms with E-state index in [0.717, 1.165) is 5.56 Å². The Morgan fingerprint density at radius 3 is 2.74 bits per heavy atom. The third-order valence-electron chi connectivity index (χ3n) is 3.89. The van der Waals surface area contributed by atoms with Crippen LogP contribution in [0.3, 0.4) is 0 Å². The summed E-state index contributed by atoms with van der Waals surface area (Å²) < 4.78 is 10.4. The number of carbonyl (C=O) groups excluding carboxylic acids is 1. The number of rotatable bonds is 6. The van der Waals surface area contributed by atoms with Gasteiger partial charge < -0.3 is 19.5 Å². The highest BCUT2D eigenvalue weighted by molar-refractivity contribution is 6.30. The Balaban J connectivity index is 1.67. The van der Waals surface area contributed by atoms with E-state index in [-0.39, 0.29) is 12.6 Å². The van der Waals surface area contributed by atoms with Gasteiger partial charge in [0.05, 0.1) is 7.11 Å². The van der Waals surface area contributed by atoms with Gasteiger partial charge in [0.2, 0.25) is 11.7 Å². The second-order valence-electron chi connectivity index (χ2n) is 5.69. The number of benzene rings is 2. The van der Waals surface area contributed by atoms with Crippen molar-refractivity contribution in [1.29, 1.82) is 0 Å². The molecule has 0 atom stereocenters. The van der Waals surface area contributed by atoms with Crippen LogP contribution in [0.25, 0.3) is 11.4 Å². The van der Waals surface area contributed by atoms with Crippen LogP contribution in [0.5, 0.6) is 5.75 Å². The van der Waals surface area contributed by atoms with E-state index in [1.54, 1.807) is 42.3 Å². The topological polar surface area (TPSA) is 80.5 Å². The minimum Gasteiger partial charge on any atom is -0.497 e. The molecule has 0 saturated heterocycles. The summed E-state index contributed by atoms with van der Waals surface area (Å²) >= 11 is 5.89. The molecular formula is C19H19ClN4O3. The fourth-order valence-electron chi connectivity index (χ4n) is 2.43. The molecule has 0 bridgehead atoms. The number of hydrogen-bond donors (Lipinski definition) is 1. The molecule has 3 rings (SSSR count). The minimum absolute atomic E-state index is 0.201. The quantitative estimate of drug-likeness (QED) is 0.676. The number of nitrogens with zero attached hydrogens (tertiary/aromatic N) is 3. The molecule has 140 valence electrons. The van der Waals surface area contributed by atoms with Crippen molar-refractivity contribution < 1.29 is 14.1 Å². The Bertz CT molecular complexity index is 911. The van der Waals surface area contributed by atoms with E-state index < -0.39 is 0 Å².